The number of anilines is 1. The minimum atomic E-state index is -0.777. The Bertz CT molecular complexity index is 934. The topological polar surface area (TPSA) is 111 Å². The Morgan fingerprint density at radius 1 is 1.00 bits per heavy atom. The molecule has 10 heteroatoms. The molecule has 2 rings (SSSR count). The van der Waals surface area contributed by atoms with E-state index in [4.69, 9.17) is 9.47 Å². The molecule has 0 heterocycles. The van der Waals surface area contributed by atoms with Gasteiger partial charge in [0.2, 0.25) is 5.91 Å². The molecule has 31 heavy (non-hydrogen) atoms. The maximum atomic E-state index is 12.9. The zero-order valence-electron chi connectivity index (χ0n) is 16.8. The van der Waals surface area contributed by atoms with Crippen LogP contribution in [0.3, 0.4) is 0 Å². The van der Waals surface area contributed by atoms with Crippen LogP contribution < -0.4 is 15.4 Å². The van der Waals surface area contributed by atoms with E-state index in [0.717, 1.165) is 11.8 Å². The molecule has 164 valence electrons. The molecule has 0 bridgehead atoms. The third-order valence-electron chi connectivity index (χ3n) is 3.88. The fraction of sp³-hybridized carbons (Fsp3) is 0.238. The maximum Gasteiger partial charge on any atom is 0.319 e. The summed E-state index contributed by atoms with van der Waals surface area (Å²) in [5.41, 5.74) is 0.678. The van der Waals surface area contributed by atoms with Crippen LogP contribution in [0.15, 0.2) is 48.5 Å². The van der Waals surface area contributed by atoms with Crippen LogP contribution in [0.25, 0.3) is 0 Å². The SMILES string of the molecule is COc1ccc(C(=O)NC(=O)COC(=O)C(C)SCC(=O)Nc2ccc(F)cc2)cc1. The molecule has 0 saturated heterocycles. The molecule has 0 aliphatic carbocycles. The van der Waals surface area contributed by atoms with Gasteiger partial charge in [-0.2, -0.15) is 0 Å². The van der Waals surface area contributed by atoms with E-state index >= 15 is 0 Å². The number of thioether (sulfide) groups is 1. The fourth-order valence-corrected chi connectivity index (χ4v) is 2.91. The van der Waals surface area contributed by atoms with Gasteiger partial charge in [0.15, 0.2) is 6.61 Å². The van der Waals surface area contributed by atoms with Gasteiger partial charge < -0.3 is 14.8 Å². The number of amides is 3. The van der Waals surface area contributed by atoms with Crippen LogP contribution in [0.4, 0.5) is 10.1 Å². The second-order valence-corrected chi connectivity index (χ2v) is 7.55. The molecule has 1 unspecified atom stereocenters. The lowest BCUT2D eigenvalue weighted by molar-refractivity contribution is -0.147. The van der Waals surface area contributed by atoms with Crippen molar-refractivity contribution in [3.05, 3.63) is 59.9 Å². The monoisotopic (exact) mass is 448 g/mol. The van der Waals surface area contributed by atoms with Crippen LogP contribution in [0.2, 0.25) is 0 Å². The molecule has 2 N–H and O–H groups in total. The van der Waals surface area contributed by atoms with Crippen LogP contribution in [0.5, 0.6) is 5.75 Å². The molecule has 2 aromatic carbocycles. The number of carbonyl (C=O) groups excluding carboxylic acids is 4. The lowest BCUT2D eigenvalue weighted by atomic mass is 10.2. The normalized spacial score (nSPS) is 11.2. The van der Waals surface area contributed by atoms with Gasteiger partial charge in [-0.3, -0.25) is 24.5 Å². The number of rotatable bonds is 9. The summed E-state index contributed by atoms with van der Waals surface area (Å²) in [5, 5.41) is 3.97. The van der Waals surface area contributed by atoms with Gasteiger partial charge in [-0.15, -0.1) is 11.8 Å². The fourth-order valence-electron chi connectivity index (χ4n) is 2.23. The number of hydrogen-bond acceptors (Lipinski definition) is 7. The van der Waals surface area contributed by atoms with Crippen LogP contribution in [-0.2, 0) is 19.1 Å². The molecular weight excluding hydrogens is 427 g/mol. The summed E-state index contributed by atoms with van der Waals surface area (Å²) in [4.78, 5) is 47.7. The van der Waals surface area contributed by atoms with E-state index in [9.17, 15) is 23.6 Å². The molecule has 0 aliphatic rings. The summed E-state index contributed by atoms with van der Waals surface area (Å²) >= 11 is 1.01. The zero-order chi connectivity index (χ0) is 22.8. The Labute approximate surface area is 182 Å². The molecule has 3 amide bonds. The van der Waals surface area contributed by atoms with E-state index in [-0.39, 0.29) is 17.2 Å². The van der Waals surface area contributed by atoms with E-state index in [2.05, 4.69) is 10.6 Å². The number of carbonyl (C=O) groups is 4. The number of esters is 1. The maximum absolute atomic E-state index is 12.9. The van der Waals surface area contributed by atoms with Crippen molar-refractivity contribution in [1.82, 2.24) is 5.32 Å². The number of methoxy groups -OCH3 is 1. The molecule has 0 fully saturated rings. The van der Waals surface area contributed by atoms with Crippen molar-refractivity contribution in [2.75, 3.05) is 24.8 Å². The lowest BCUT2D eigenvalue weighted by Crippen LogP contribution is -2.35. The Balaban J connectivity index is 1.70. The molecule has 1 atom stereocenters. The first-order valence-electron chi connectivity index (χ1n) is 9.10. The zero-order valence-corrected chi connectivity index (χ0v) is 17.7. The average Bonchev–Trinajstić information content (AvgIpc) is 2.77. The Kier molecular flexibility index (Phi) is 9.01. The Hall–Kier alpha value is -3.40. The van der Waals surface area contributed by atoms with Crippen molar-refractivity contribution < 1.29 is 33.0 Å². The molecule has 0 spiro atoms. The average molecular weight is 448 g/mol. The summed E-state index contributed by atoms with van der Waals surface area (Å²) in [6, 6.07) is 11.4. The van der Waals surface area contributed by atoms with Crippen molar-refractivity contribution in [1.29, 1.82) is 0 Å². The van der Waals surface area contributed by atoms with Crippen molar-refractivity contribution in [3.8, 4) is 5.75 Å². The molecule has 2 aromatic rings. The first kappa shape index (κ1) is 23.9. The van der Waals surface area contributed by atoms with Crippen LogP contribution in [-0.4, -0.2) is 48.4 Å². The molecule has 0 saturated carbocycles. The van der Waals surface area contributed by atoms with E-state index in [1.165, 1.54) is 50.4 Å². The van der Waals surface area contributed by atoms with Gasteiger partial charge in [-0.05, 0) is 55.5 Å². The van der Waals surface area contributed by atoms with Crippen molar-refractivity contribution in [2.24, 2.45) is 0 Å². The lowest BCUT2D eigenvalue weighted by Gasteiger charge is -2.11. The second kappa shape index (κ2) is 11.7. The van der Waals surface area contributed by atoms with Crippen LogP contribution in [0.1, 0.15) is 17.3 Å². The summed E-state index contributed by atoms with van der Waals surface area (Å²) in [7, 11) is 1.49. The van der Waals surface area contributed by atoms with Crippen molar-refractivity contribution >= 4 is 41.1 Å². The van der Waals surface area contributed by atoms with E-state index < -0.39 is 35.5 Å². The summed E-state index contributed by atoms with van der Waals surface area (Å²) in [6.45, 7) is 0.895. The predicted molar refractivity (Wildman–Crippen MR) is 113 cm³/mol. The molecule has 8 nitrogen and oxygen atoms in total. The highest BCUT2D eigenvalue weighted by molar-refractivity contribution is 8.01. The number of benzene rings is 2. The van der Waals surface area contributed by atoms with Gasteiger partial charge in [0.25, 0.3) is 11.8 Å². The highest BCUT2D eigenvalue weighted by Gasteiger charge is 2.19. The van der Waals surface area contributed by atoms with Crippen LogP contribution >= 0.6 is 11.8 Å². The molecule has 0 aromatic heterocycles. The quantitative estimate of drug-likeness (QED) is 0.567. The van der Waals surface area contributed by atoms with Gasteiger partial charge in [0.1, 0.15) is 16.8 Å². The Morgan fingerprint density at radius 2 is 1.65 bits per heavy atom. The highest BCUT2D eigenvalue weighted by Crippen LogP contribution is 2.14. The van der Waals surface area contributed by atoms with Crippen molar-refractivity contribution in [3.63, 3.8) is 0 Å². The largest absolute Gasteiger partial charge is 0.497 e. The first-order valence-corrected chi connectivity index (χ1v) is 10.1. The number of nitrogens with one attached hydrogen (secondary N) is 2. The van der Waals surface area contributed by atoms with E-state index in [0.29, 0.717) is 11.4 Å². The second-order valence-electron chi connectivity index (χ2n) is 6.22. The summed E-state index contributed by atoms with van der Waals surface area (Å²) in [6.07, 6.45) is 0. The van der Waals surface area contributed by atoms with Gasteiger partial charge in [-0.1, -0.05) is 0 Å². The third kappa shape index (κ3) is 8.09. The smallest absolute Gasteiger partial charge is 0.319 e. The minimum Gasteiger partial charge on any atom is -0.497 e. The summed E-state index contributed by atoms with van der Waals surface area (Å²) < 4.78 is 22.7. The predicted octanol–water partition coefficient (Wildman–Crippen LogP) is 2.39. The van der Waals surface area contributed by atoms with Crippen molar-refractivity contribution in [2.45, 2.75) is 12.2 Å². The first-order chi connectivity index (χ1) is 14.8. The molecule has 0 aliphatic heterocycles. The van der Waals surface area contributed by atoms with Gasteiger partial charge in [0, 0.05) is 11.3 Å². The molecular formula is C21H21FN2O6S. The third-order valence-corrected chi connectivity index (χ3v) is 5.00. The highest BCUT2D eigenvalue weighted by atomic mass is 32.2. The van der Waals surface area contributed by atoms with E-state index in [1.54, 1.807) is 12.1 Å². The van der Waals surface area contributed by atoms with Gasteiger partial charge >= 0.3 is 5.97 Å². The molecule has 0 radical (unpaired) electrons. The van der Waals surface area contributed by atoms with Crippen LogP contribution in [0, 0.1) is 5.82 Å². The standard InChI is InChI=1S/C21H21FN2O6S/c1-13(31-12-19(26)23-16-7-5-15(22)6-8-16)21(28)30-11-18(25)24-20(27)14-3-9-17(29-2)10-4-14/h3-10,13H,11-12H2,1-2H3,(H,23,26)(H,24,25,27). The summed E-state index contributed by atoms with van der Waals surface area (Å²) in [5.74, 6) is -2.39. The number of hydrogen-bond donors (Lipinski definition) is 2. The van der Waals surface area contributed by atoms with Gasteiger partial charge in [-0.25, -0.2) is 4.39 Å². The number of imide groups is 1. The minimum absolute atomic E-state index is 0.0458. The number of halogens is 1. The Morgan fingerprint density at radius 3 is 2.26 bits per heavy atom. The van der Waals surface area contributed by atoms with Gasteiger partial charge in [0.05, 0.1) is 12.9 Å². The number of ether oxygens (including phenoxy) is 2. The van der Waals surface area contributed by atoms with E-state index in [1.807, 2.05) is 0 Å².